The molecule has 1 N–H and O–H groups in total. The van der Waals surface area contributed by atoms with Crippen LogP contribution in [-0.4, -0.2) is 74.1 Å². The van der Waals surface area contributed by atoms with E-state index in [1.807, 2.05) is 25.1 Å². The minimum atomic E-state index is -0.154. The van der Waals surface area contributed by atoms with Crippen molar-refractivity contribution in [2.24, 2.45) is 0 Å². The van der Waals surface area contributed by atoms with Gasteiger partial charge in [-0.25, -0.2) is 9.97 Å². The Morgan fingerprint density at radius 1 is 1.08 bits per heavy atom. The maximum absolute atomic E-state index is 12.3. The predicted octanol–water partition coefficient (Wildman–Crippen LogP) is 1.09. The van der Waals surface area contributed by atoms with Crippen molar-refractivity contribution < 1.29 is 4.79 Å². The van der Waals surface area contributed by atoms with E-state index in [1.165, 1.54) is 12.0 Å². The maximum Gasteiger partial charge on any atom is 0.270 e. The van der Waals surface area contributed by atoms with Crippen molar-refractivity contribution in [3.63, 3.8) is 0 Å². The Morgan fingerprint density at radius 2 is 1.77 bits per heavy atom. The largest absolute Gasteiger partial charge is 0.368 e. The molecule has 1 fully saturated rings. The second-order valence-corrected chi connectivity index (χ2v) is 6.63. The van der Waals surface area contributed by atoms with Crippen LogP contribution in [0, 0.1) is 0 Å². The third kappa shape index (κ3) is 4.70. The summed E-state index contributed by atoms with van der Waals surface area (Å²) >= 11 is 0. The van der Waals surface area contributed by atoms with Gasteiger partial charge in [0.25, 0.3) is 5.91 Å². The number of piperazine rings is 1. The first-order chi connectivity index (χ1) is 12.6. The number of nitrogens with one attached hydrogen (secondary N) is 1. The highest BCUT2D eigenvalue weighted by Crippen LogP contribution is 2.19. The van der Waals surface area contributed by atoms with Gasteiger partial charge in [-0.3, -0.25) is 4.79 Å². The summed E-state index contributed by atoms with van der Waals surface area (Å²) in [5.41, 5.74) is 1.66. The fourth-order valence-corrected chi connectivity index (χ4v) is 2.96. The molecule has 1 amide bonds. The van der Waals surface area contributed by atoms with E-state index >= 15 is 0 Å². The van der Waals surface area contributed by atoms with Crippen molar-refractivity contribution in [3.05, 3.63) is 48.4 Å². The quantitative estimate of drug-likeness (QED) is 0.838. The average molecular weight is 354 g/mol. The van der Waals surface area contributed by atoms with Gasteiger partial charge in [-0.05, 0) is 26.2 Å². The van der Waals surface area contributed by atoms with Crippen molar-refractivity contribution in [1.29, 1.82) is 0 Å². The Labute approximate surface area is 154 Å². The van der Waals surface area contributed by atoms with Crippen LogP contribution in [0.15, 0.2) is 42.7 Å². The smallest absolute Gasteiger partial charge is 0.270 e. The molecule has 0 atom stereocenters. The molecule has 1 saturated heterocycles. The molecule has 3 rings (SSSR count). The number of likely N-dealkylation sites (N-methyl/N-ethyl adjacent to an activating group) is 1. The molecular formula is C19H26N6O. The molecule has 0 unspecified atom stereocenters. The van der Waals surface area contributed by atoms with Crippen LogP contribution in [0.4, 0.5) is 11.5 Å². The van der Waals surface area contributed by atoms with Crippen molar-refractivity contribution in [2.75, 3.05) is 63.2 Å². The lowest BCUT2D eigenvalue weighted by Gasteiger charge is -2.36. The first-order valence-corrected chi connectivity index (χ1v) is 8.93. The fraction of sp³-hybridized carbons (Fsp3) is 0.421. The van der Waals surface area contributed by atoms with E-state index in [-0.39, 0.29) is 5.91 Å². The normalized spacial score (nSPS) is 14.6. The van der Waals surface area contributed by atoms with E-state index in [1.54, 1.807) is 6.07 Å². The number of aromatic nitrogens is 2. The summed E-state index contributed by atoms with van der Waals surface area (Å²) in [6, 6.07) is 12.2. The number of amides is 1. The lowest BCUT2D eigenvalue weighted by atomic mass is 10.2. The van der Waals surface area contributed by atoms with E-state index < -0.39 is 0 Å². The molecule has 1 aromatic heterocycles. The molecule has 0 bridgehead atoms. The number of hydrogen-bond acceptors (Lipinski definition) is 6. The highest BCUT2D eigenvalue weighted by atomic mass is 16.1. The standard InChI is InChI=1S/C19H26N6O/c1-23(2)9-8-20-19(26)17-14-18(22-15-21-17)25-12-10-24(11-13-25)16-6-4-3-5-7-16/h3-7,14-15H,8-13H2,1-2H3,(H,20,26). The maximum atomic E-state index is 12.3. The van der Waals surface area contributed by atoms with Gasteiger partial charge in [-0.2, -0.15) is 0 Å². The van der Waals surface area contributed by atoms with E-state index in [9.17, 15) is 4.79 Å². The second kappa shape index (κ2) is 8.62. The third-order valence-electron chi connectivity index (χ3n) is 4.45. The number of benzene rings is 1. The number of hydrogen-bond donors (Lipinski definition) is 1. The van der Waals surface area contributed by atoms with Gasteiger partial charge in [-0.1, -0.05) is 18.2 Å². The number of anilines is 2. The second-order valence-electron chi connectivity index (χ2n) is 6.63. The lowest BCUT2D eigenvalue weighted by molar-refractivity contribution is 0.0946. The van der Waals surface area contributed by atoms with Crippen molar-refractivity contribution in [3.8, 4) is 0 Å². The highest BCUT2D eigenvalue weighted by Gasteiger charge is 2.19. The minimum absolute atomic E-state index is 0.154. The van der Waals surface area contributed by atoms with Crippen molar-refractivity contribution >= 4 is 17.4 Å². The highest BCUT2D eigenvalue weighted by molar-refractivity contribution is 5.92. The van der Waals surface area contributed by atoms with Crippen LogP contribution in [0.1, 0.15) is 10.5 Å². The zero-order valence-electron chi connectivity index (χ0n) is 15.4. The Bertz CT molecular complexity index is 713. The SMILES string of the molecule is CN(C)CCNC(=O)c1cc(N2CCN(c3ccccc3)CC2)ncn1. The van der Waals surface area contributed by atoms with Gasteiger partial charge in [0.2, 0.25) is 0 Å². The van der Waals surface area contributed by atoms with Crippen LogP contribution in [-0.2, 0) is 0 Å². The van der Waals surface area contributed by atoms with E-state index in [2.05, 4.69) is 49.4 Å². The number of para-hydroxylation sites is 1. The zero-order valence-corrected chi connectivity index (χ0v) is 15.4. The van der Waals surface area contributed by atoms with Crippen LogP contribution in [0.5, 0.6) is 0 Å². The number of nitrogens with zero attached hydrogens (tertiary/aromatic N) is 5. The minimum Gasteiger partial charge on any atom is -0.368 e. The first kappa shape index (κ1) is 18.1. The molecule has 2 heterocycles. The molecule has 7 heteroatoms. The third-order valence-corrected chi connectivity index (χ3v) is 4.45. The van der Waals surface area contributed by atoms with Gasteiger partial charge in [-0.15, -0.1) is 0 Å². The van der Waals surface area contributed by atoms with Crippen LogP contribution in [0.25, 0.3) is 0 Å². The first-order valence-electron chi connectivity index (χ1n) is 8.93. The van der Waals surface area contributed by atoms with Crippen molar-refractivity contribution in [1.82, 2.24) is 20.2 Å². The van der Waals surface area contributed by atoms with E-state index in [0.717, 1.165) is 38.5 Å². The molecule has 138 valence electrons. The van der Waals surface area contributed by atoms with E-state index in [4.69, 9.17) is 0 Å². The molecule has 1 aliphatic rings. The summed E-state index contributed by atoms with van der Waals surface area (Å²) < 4.78 is 0. The summed E-state index contributed by atoms with van der Waals surface area (Å²) in [4.78, 5) is 27.3. The fourth-order valence-electron chi connectivity index (χ4n) is 2.96. The molecule has 1 aliphatic heterocycles. The van der Waals surface area contributed by atoms with Gasteiger partial charge in [0, 0.05) is 51.0 Å². The average Bonchev–Trinajstić information content (AvgIpc) is 2.68. The van der Waals surface area contributed by atoms with Crippen LogP contribution < -0.4 is 15.1 Å². The molecular weight excluding hydrogens is 328 g/mol. The van der Waals surface area contributed by atoms with Crippen molar-refractivity contribution in [2.45, 2.75) is 0 Å². The van der Waals surface area contributed by atoms with Gasteiger partial charge in [0.15, 0.2) is 0 Å². The Kier molecular flexibility index (Phi) is 6.01. The summed E-state index contributed by atoms with van der Waals surface area (Å²) in [6.07, 6.45) is 1.47. The Balaban J connectivity index is 1.58. The van der Waals surface area contributed by atoms with Gasteiger partial charge in [0.1, 0.15) is 17.8 Å². The summed E-state index contributed by atoms with van der Waals surface area (Å²) in [7, 11) is 3.95. The number of carbonyl (C=O) groups excluding carboxylic acids is 1. The number of carbonyl (C=O) groups is 1. The predicted molar refractivity (Wildman–Crippen MR) is 104 cm³/mol. The van der Waals surface area contributed by atoms with Gasteiger partial charge < -0.3 is 20.0 Å². The molecule has 7 nitrogen and oxygen atoms in total. The number of rotatable bonds is 6. The van der Waals surface area contributed by atoms with Gasteiger partial charge in [0.05, 0.1) is 0 Å². The van der Waals surface area contributed by atoms with Crippen LogP contribution in [0.3, 0.4) is 0 Å². The van der Waals surface area contributed by atoms with Gasteiger partial charge >= 0.3 is 0 Å². The molecule has 1 aromatic carbocycles. The topological polar surface area (TPSA) is 64.6 Å². The molecule has 0 aliphatic carbocycles. The van der Waals surface area contributed by atoms with Crippen LogP contribution in [0.2, 0.25) is 0 Å². The molecule has 0 saturated carbocycles. The summed E-state index contributed by atoms with van der Waals surface area (Å²) in [5.74, 6) is 0.656. The molecule has 26 heavy (non-hydrogen) atoms. The summed E-state index contributed by atoms with van der Waals surface area (Å²) in [5, 5.41) is 2.89. The van der Waals surface area contributed by atoms with Crippen LogP contribution >= 0.6 is 0 Å². The molecule has 0 spiro atoms. The Hall–Kier alpha value is -2.67. The monoisotopic (exact) mass is 354 g/mol. The lowest BCUT2D eigenvalue weighted by Crippen LogP contribution is -2.47. The molecule has 2 aromatic rings. The summed E-state index contributed by atoms with van der Waals surface area (Å²) in [6.45, 7) is 4.99. The Morgan fingerprint density at radius 3 is 2.46 bits per heavy atom. The van der Waals surface area contributed by atoms with E-state index in [0.29, 0.717) is 12.2 Å². The molecule has 0 radical (unpaired) electrons. The zero-order chi connectivity index (χ0) is 18.4.